The third-order valence-corrected chi connectivity index (χ3v) is 18.6. The normalized spacial score (nSPS) is 19.4. The van der Waals surface area contributed by atoms with Crippen molar-refractivity contribution < 1.29 is 41.9 Å². The minimum absolute atomic E-state index is 0.0561. The summed E-state index contributed by atoms with van der Waals surface area (Å²) in [5.74, 6) is -0.159. The molecule has 9 rings (SSSR count). The number of anilines is 4. The number of aromatic nitrogens is 6. The zero-order valence-corrected chi connectivity index (χ0v) is 49.6. The van der Waals surface area contributed by atoms with Gasteiger partial charge < -0.3 is 40.1 Å². The fourth-order valence-electron chi connectivity index (χ4n) is 11.0. The molecule has 0 spiro atoms. The van der Waals surface area contributed by atoms with Gasteiger partial charge in [-0.05, 0) is 137 Å². The van der Waals surface area contributed by atoms with Crippen LogP contribution in [0.4, 0.5) is 28.1 Å². The average Bonchev–Trinajstić information content (AvgIpc) is 4.15. The molecule has 1 aliphatic carbocycles. The molecule has 3 saturated heterocycles. The number of amides is 5. The highest BCUT2D eigenvalue weighted by molar-refractivity contribution is 7.92. The summed E-state index contributed by atoms with van der Waals surface area (Å²) < 4.78 is 38.7. The fourth-order valence-corrected chi connectivity index (χ4v) is 12.3. The van der Waals surface area contributed by atoms with Crippen molar-refractivity contribution in [3.8, 4) is 5.75 Å². The summed E-state index contributed by atoms with van der Waals surface area (Å²) in [6.45, 7) is 19.1. The van der Waals surface area contributed by atoms with E-state index >= 15 is 0 Å². The number of carbonyl (C=O) groups excluding carboxylic acids is 5. The Morgan fingerprint density at radius 3 is 2.33 bits per heavy atom. The molecule has 3 fully saturated rings. The number of likely N-dealkylation sites (N-methyl/N-ethyl adjacent to an activating group) is 1. The summed E-state index contributed by atoms with van der Waals surface area (Å²) in [5, 5.41) is 17.0. The molecule has 5 amide bonds. The molecule has 4 aliphatic rings. The number of nitrogens with zero attached hydrogens (tertiary/aromatic N) is 10. The minimum atomic E-state index is -3.87. The summed E-state index contributed by atoms with van der Waals surface area (Å²) in [6, 6.07) is 5.68. The van der Waals surface area contributed by atoms with E-state index in [-0.39, 0.29) is 47.9 Å². The largest absolute Gasteiger partial charge is 0.492 e. The molecule has 0 saturated carbocycles. The van der Waals surface area contributed by atoms with Crippen molar-refractivity contribution >= 4 is 73.7 Å². The second-order valence-electron chi connectivity index (χ2n) is 23.9. The number of hydrogen-bond donors (Lipinski definition) is 4. The number of sulfone groups is 1. The number of ether oxygens (including phenoxy) is 2. The molecule has 24 heteroatoms. The van der Waals surface area contributed by atoms with Gasteiger partial charge in [-0.25, -0.2) is 33.1 Å². The highest BCUT2D eigenvalue weighted by Gasteiger charge is 2.46. The molecule has 0 radical (unpaired) electrons. The summed E-state index contributed by atoms with van der Waals surface area (Å²) >= 11 is 0. The van der Waals surface area contributed by atoms with Crippen LogP contribution in [0.25, 0.3) is 10.9 Å². The molecule has 6 heterocycles. The first-order valence-corrected chi connectivity index (χ1v) is 29.9. The van der Waals surface area contributed by atoms with Crippen LogP contribution in [-0.2, 0) is 41.8 Å². The van der Waals surface area contributed by atoms with Crippen LogP contribution >= 0.6 is 0 Å². The molecule has 440 valence electrons. The van der Waals surface area contributed by atoms with Gasteiger partial charge in [0.15, 0.2) is 15.7 Å². The van der Waals surface area contributed by atoms with Gasteiger partial charge in [-0.3, -0.25) is 34.1 Å². The number of fused-ring (bicyclic) bond motifs is 3. The Morgan fingerprint density at radius 2 is 1.63 bits per heavy atom. The zero-order chi connectivity index (χ0) is 58.8. The highest BCUT2D eigenvalue weighted by Crippen LogP contribution is 2.38. The smallest absolute Gasteiger partial charge is 0.410 e. The zero-order valence-electron chi connectivity index (χ0n) is 48.8. The first-order chi connectivity index (χ1) is 38.9. The van der Waals surface area contributed by atoms with Gasteiger partial charge in [0, 0.05) is 93.1 Å². The molecule has 3 aliphatic heterocycles. The van der Waals surface area contributed by atoms with Crippen LogP contribution in [0.3, 0.4) is 0 Å². The number of rotatable bonds is 15. The molecule has 23 nitrogen and oxygen atoms in total. The average molecular weight is 1150 g/mol. The SMILES string of the molecule is Cc1[nH]nc(Nc2ncnc3cc(OCCCN4CCN(c5ncc(C(=O)N6CCC7CC[C@@H](C(=O)Nc8cccc9c8CCCC9)N7C(=O)[C@@H](NC(=O)[C@H](C)N(C)C(=O)OC(C)(C)C)C6)cn5)CC4)c(S(=O)(=O)C(C)(C)C)cc23)c1C. The van der Waals surface area contributed by atoms with Gasteiger partial charge in [0.25, 0.3) is 5.91 Å². The van der Waals surface area contributed by atoms with E-state index in [9.17, 15) is 32.4 Å². The molecule has 4 N–H and O–H groups in total. The number of hydrogen-bond acceptors (Lipinski definition) is 17. The van der Waals surface area contributed by atoms with Crippen LogP contribution < -0.4 is 25.6 Å². The number of carbonyl (C=O) groups is 5. The minimum Gasteiger partial charge on any atom is -0.492 e. The van der Waals surface area contributed by atoms with E-state index in [1.165, 1.54) is 43.2 Å². The van der Waals surface area contributed by atoms with Gasteiger partial charge in [0.2, 0.25) is 23.7 Å². The van der Waals surface area contributed by atoms with E-state index in [1.807, 2.05) is 30.9 Å². The lowest BCUT2D eigenvalue weighted by Gasteiger charge is -2.39. The second-order valence-corrected chi connectivity index (χ2v) is 26.6. The maximum atomic E-state index is 14.9. The van der Waals surface area contributed by atoms with Crippen molar-refractivity contribution in [3.63, 3.8) is 0 Å². The van der Waals surface area contributed by atoms with Crippen molar-refractivity contribution in [1.29, 1.82) is 0 Å². The Morgan fingerprint density at radius 1 is 0.902 bits per heavy atom. The van der Waals surface area contributed by atoms with Gasteiger partial charge in [-0.1, -0.05) is 12.1 Å². The monoisotopic (exact) mass is 1150 g/mol. The molecule has 0 bridgehead atoms. The summed E-state index contributed by atoms with van der Waals surface area (Å²) in [7, 11) is -2.42. The van der Waals surface area contributed by atoms with Gasteiger partial charge in [-0.15, -0.1) is 0 Å². The van der Waals surface area contributed by atoms with Crippen LogP contribution in [-0.4, -0.2) is 182 Å². The standard InChI is InChI=1S/C58H78N14O9S/c1-35-36(2)66-67-49(35)65-50-42-29-48(82(78,79)58(7,8)9)47(30-44(42)61-34-62-50)80-28-14-22-69-24-26-70(27-25-69)55-59-31-39(32-60-55)53(75)71-23-21-40-19-20-46(52(74)63-43-18-13-16-38-15-11-12-17-41(38)43)72(40)54(76)45(33-71)64-51(73)37(3)68(10)56(77)81-57(4,5)6/h13,16,18,29-32,34,37,40,45-46H,11-12,14-15,17,19-28,33H2,1-10H3,(H,63,74)(H,64,73)(H2,61,62,65,66,67)/t37-,40?,45-,46-/m0/s1. The third-order valence-electron chi connectivity index (χ3n) is 16.1. The van der Waals surface area contributed by atoms with Crippen molar-refractivity contribution in [3.05, 3.63) is 77.0 Å². The van der Waals surface area contributed by atoms with Crippen molar-refractivity contribution in [1.82, 2.24) is 55.0 Å². The van der Waals surface area contributed by atoms with Gasteiger partial charge in [0.1, 0.15) is 46.5 Å². The maximum Gasteiger partial charge on any atom is 0.410 e. The summed E-state index contributed by atoms with van der Waals surface area (Å²) in [4.78, 5) is 97.4. The van der Waals surface area contributed by atoms with E-state index in [4.69, 9.17) is 9.47 Å². The van der Waals surface area contributed by atoms with Crippen LogP contribution in [0, 0.1) is 13.8 Å². The number of piperazine rings is 1. The Hall–Kier alpha value is -7.47. The fraction of sp³-hybridized carbons (Fsp3) is 0.552. The number of aryl methyl sites for hydroxylation is 2. The second kappa shape index (κ2) is 24.2. The van der Waals surface area contributed by atoms with Crippen molar-refractivity contribution in [2.45, 2.75) is 153 Å². The van der Waals surface area contributed by atoms with Crippen molar-refractivity contribution in [2.24, 2.45) is 0 Å². The summed E-state index contributed by atoms with van der Waals surface area (Å²) in [5.41, 5.74) is 4.81. The van der Waals surface area contributed by atoms with Crippen LogP contribution in [0.1, 0.15) is 120 Å². The van der Waals surface area contributed by atoms with E-state index < -0.39 is 62.1 Å². The predicted molar refractivity (Wildman–Crippen MR) is 310 cm³/mol. The molecular formula is C58H78N14O9S. The number of benzene rings is 2. The van der Waals surface area contributed by atoms with E-state index in [0.29, 0.717) is 86.9 Å². The highest BCUT2D eigenvalue weighted by atomic mass is 32.2. The lowest BCUT2D eigenvalue weighted by atomic mass is 9.90. The summed E-state index contributed by atoms with van der Waals surface area (Å²) in [6.07, 6.45) is 9.54. The molecule has 1 unspecified atom stereocenters. The van der Waals surface area contributed by atoms with E-state index in [2.05, 4.69) is 57.0 Å². The van der Waals surface area contributed by atoms with Crippen LogP contribution in [0.15, 0.2) is 53.9 Å². The number of H-pyrrole nitrogens is 1. The molecule has 4 atom stereocenters. The van der Waals surface area contributed by atoms with Crippen LogP contribution in [0.5, 0.6) is 5.75 Å². The molecule has 82 heavy (non-hydrogen) atoms. The first kappa shape index (κ1) is 59.2. The Bertz CT molecular complexity index is 3310. The van der Waals surface area contributed by atoms with Gasteiger partial charge in [-0.2, -0.15) is 5.10 Å². The quantitative estimate of drug-likeness (QED) is 0.0859. The molecule has 2 aromatic carbocycles. The van der Waals surface area contributed by atoms with E-state index in [1.54, 1.807) is 58.6 Å². The molecule has 5 aromatic rings. The topological polar surface area (TPSA) is 270 Å². The Kier molecular flexibility index (Phi) is 17.4. The van der Waals surface area contributed by atoms with Crippen LogP contribution in [0.2, 0.25) is 0 Å². The van der Waals surface area contributed by atoms with Crippen molar-refractivity contribution in [2.75, 3.05) is 75.0 Å². The predicted octanol–water partition coefficient (Wildman–Crippen LogP) is 6.13. The van der Waals surface area contributed by atoms with Gasteiger partial charge in [0.05, 0.1) is 29.0 Å². The molecular weight excluding hydrogens is 1070 g/mol. The lowest BCUT2D eigenvalue weighted by molar-refractivity contribution is -0.144. The lowest BCUT2D eigenvalue weighted by Crippen LogP contribution is -2.62. The Balaban J connectivity index is 0.831. The first-order valence-electron chi connectivity index (χ1n) is 28.4. The number of aromatic amines is 1. The third kappa shape index (κ3) is 12.9. The number of nitrogens with one attached hydrogen (secondary N) is 4. The Labute approximate surface area is 479 Å². The maximum absolute atomic E-state index is 14.9. The van der Waals surface area contributed by atoms with E-state index in [0.717, 1.165) is 53.1 Å². The van der Waals surface area contributed by atoms with Gasteiger partial charge >= 0.3 is 6.09 Å². The molecule has 3 aromatic heterocycles.